The minimum absolute atomic E-state index is 0.666. The third-order valence-corrected chi connectivity index (χ3v) is 3.44. The van der Waals surface area contributed by atoms with Crippen molar-refractivity contribution in [3.63, 3.8) is 0 Å². The van der Waals surface area contributed by atoms with Crippen molar-refractivity contribution in [1.29, 1.82) is 0 Å². The highest BCUT2D eigenvalue weighted by Gasteiger charge is 2.24. The number of hydrogen-bond acceptors (Lipinski definition) is 5. The Kier molecular flexibility index (Phi) is 2.80. The molecular formula is C10H13ClN6. The summed E-state index contributed by atoms with van der Waals surface area (Å²) < 4.78 is 1.73. The molecule has 6 nitrogen and oxygen atoms in total. The predicted molar refractivity (Wildman–Crippen MR) is 64.2 cm³/mol. The van der Waals surface area contributed by atoms with Gasteiger partial charge in [0.05, 0.1) is 12.4 Å². The zero-order chi connectivity index (χ0) is 11.7. The van der Waals surface area contributed by atoms with Crippen LogP contribution in [0.5, 0.6) is 0 Å². The summed E-state index contributed by atoms with van der Waals surface area (Å²) in [6.07, 6.45) is 5.71. The third-order valence-electron chi connectivity index (χ3n) is 3.22. The van der Waals surface area contributed by atoms with Gasteiger partial charge in [0.25, 0.3) is 0 Å². The molecule has 0 amide bonds. The molecule has 7 heteroatoms. The lowest BCUT2D eigenvalue weighted by molar-refractivity contribution is 0.571. The van der Waals surface area contributed by atoms with Gasteiger partial charge in [0.1, 0.15) is 0 Å². The normalized spacial score (nSPS) is 20.3. The lowest BCUT2D eigenvalue weighted by atomic mass is 10.1. The van der Waals surface area contributed by atoms with Crippen LogP contribution in [0.4, 0.5) is 5.82 Å². The topological polar surface area (TPSA) is 59.2 Å². The molecule has 1 atom stereocenters. The number of rotatable bonds is 3. The highest BCUT2D eigenvalue weighted by molar-refractivity contribution is 6.17. The van der Waals surface area contributed by atoms with Crippen LogP contribution in [-0.4, -0.2) is 44.0 Å². The van der Waals surface area contributed by atoms with E-state index in [9.17, 15) is 0 Å². The summed E-state index contributed by atoms with van der Waals surface area (Å²) in [5, 5.41) is 11.5. The molecule has 2 aromatic heterocycles. The van der Waals surface area contributed by atoms with E-state index in [4.69, 9.17) is 11.6 Å². The molecule has 2 aromatic rings. The number of fused-ring (bicyclic) bond motifs is 1. The van der Waals surface area contributed by atoms with Gasteiger partial charge in [0, 0.05) is 19.0 Å². The van der Waals surface area contributed by atoms with Gasteiger partial charge in [-0.15, -0.1) is 16.7 Å². The smallest absolute Gasteiger partial charge is 0.199 e. The number of halogens is 1. The van der Waals surface area contributed by atoms with Gasteiger partial charge in [-0.05, 0) is 29.2 Å². The van der Waals surface area contributed by atoms with Gasteiger partial charge in [-0.25, -0.2) is 0 Å². The first kappa shape index (κ1) is 10.7. The third kappa shape index (κ3) is 1.93. The minimum atomic E-state index is 0.666. The maximum atomic E-state index is 5.78. The van der Waals surface area contributed by atoms with Crippen molar-refractivity contribution in [2.75, 3.05) is 23.9 Å². The number of hydrogen-bond donors (Lipinski definition) is 0. The maximum Gasteiger partial charge on any atom is 0.199 e. The molecule has 1 unspecified atom stereocenters. The molecule has 0 saturated carbocycles. The Hall–Kier alpha value is -1.43. The van der Waals surface area contributed by atoms with E-state index in [0.717, 1.165) is 31.2 Å². The van der Waals surface area contributed by atoms with Crippen molar-refractivity contribution in [3.05, 3.63) is 12.4 Å². The highest BCUT2D eigenvalue weighted by atomic mass is 35.5. The van der Waals surface area contributed by atoms with Gasteiger partial charge < -0.3 is 4.90 Å². The quantitative estimate of drug-likeness (QED) is 0.762. The number of tetrazole rings is 1. The summed E-state index contributed by atoms with van der Waals surface area (Å²) in [4.78, 5) is 6.44. The first-order chi connectivity index (χ1) is 8.38. The summed E-state index contributed by atoms with van der Waals surface area (Å²) in [7, 11) is 0. The standard InChI is InChI=1S/C10H13ClN6/c11-3-1-8-2-4-16(7-8)10-6-12-5-9-13-14-15-17(9)10/h5-6,8H,1-4,7H2. The largest absolute Gasteiger partial charge is 0.355 e. The van der Waals surface area contributed by atoms with E-state index in [2.05, 4.69) is 25.4 Å². The van der Waals surface area contributed by atoms with Crippen LogP contribution in [-0.2, 0) is 0 Å². The Morgan fingerprint density at radius 2 is 2.35 bits per heavy atom. The Bertz CT molecular complexity index is 512. The molecule has 1 aliphatic rings. The summed E-state index contributed by atoms with van der Waals surface area (Å²) in [6.45, 7) is 2.02. The molecule has 17 heavy (non-hydrogen) atoms. The van der Waals surface area contributed by atoms with E-state index in [1.165, 1.54) is 6.42 Å². The Morgan fingerprint density at radius 1 is 1.41 bits per heavy atom. The highest BCUT2D eigenvalue weighted by Crippen LogP contribution is 2.25. The number of anilines is 1. The Balaban J connectivity index is 1.87. The van der Waals surface area contributed by atoms with Gasteiger partial charge in [-0.2, -0.15) is 4.52 Å². The number of aromatic nitrogens is 5. The van der Waals surface area contributed by atoms with E-state index in [-0.39, 0.29) is 0 Å². The predicted octanol–water partition coefficient (Wildman–Crippen LogP) is 0.974. The lowest BCUT2D eigenvalue weighted by Crippen LogP contribution is -2.22. The summed E-state index contributed by atoms with van der Waals surface area (Å²) >= 11 is 5.78. The molecule has 3 heterocycles. The molecule has 3 rings (SSSR count). The van der Waals surface area contributed by atoms with Gasteiger partial charge >= 0.3 is 0 Å². The van der Waals surface area contributed by atoms with E-state index >= 15 is 0 Å². The van der Waals surface area contributed by atoms with Crippen LogP contribution in [0.1, 0.15) is 12.8 Å². The molecule has 1 aliphatic heterocycles. The average Bonchev–Trinajstić information content (AvgIpc) is 2.96. The SMILES string of the molecule is ClCCC1CCN(c2cncc3nnnn23)C1. The van der Waals surface area contributed by atoms with Crippen LogP contribution in [0, 0.1) is 5.92 Å². The molecule has 0 N–H and O–H groups in total. The van der Waals surface area contributed by atoms with Crippen LogP contribution in [0.25, 0.3) is 5.65 Å². The molecule has 0 bridgehead atoms. The second-order valence-corrected chi connectivity index (χ2v) is 4.67. The van der Waals surface area contributed by atoms with E-state index in [1.54, 1.807) is 10.7 Å². The summed E-state index contributed by atoms with van der Waals surface area (Å²) in [5.41, 5.74) is 0.684. The van der Waals surface area contributed by atoms with Crippen molar-refractivity contribution >= 4 is 23.1 Å². The maximum absolute atomic E-state index is 5.78. The van der Waals surface area contributed by atoms with Gasteiger partial charge in [-0.3, -0.25) is 4.98 Å². The lowest BCUT2D eigenvalue weighted by Gasteiger charge is -2.17. The Morgan fingerprint density at radius 3 is 3.24 bits per heavy atom. The van der Waals surface area contributed by atoms with Gasteiger partial charge in [-0.1, -0.05) is 0 Å². The van der Waals surface area contributed by atoms with E-state index < -0.39 is 0 Å². The van der Waals surface area contributed by atoms with Crippen LogP contribution in [0.2, 0.25) is 0 Å². The second kappa shape index (κ2) is 4.44. The summed E-state index contributed by atoms with van der Waals surface area (Å²) in [6, 6.07) is 0. The first-order valence-corrected chi connectivity index (χ1v) is 6.25. The molecule has 0 radical (unpaired) electrons. The zero-order valence-electron chi connectivity index (χ0n) is 9.33. The fourth-order valence-corrected chi connectivity index (χ4v) is 2.62. The zero-order valence-corrected chi connectivity index (χ0v) is 10.1. The van der Waals surface area contributed by atoms with E-state index in [1.807, 2.05) is 6.20 Å². The van der Waals surface area contributed by atoms with Crippen LogP contribution >= 0.6 is 11.6 Å². The molecule has 0 aromatic carbocycles. The number of nitrogens with zero attached hydrogens (tertiary/aromatic N) is 6. The average molecular weight is 253 g/mol. The summed E-state index contributed by atoms with van der Waals surface area (Å²) in [5.74, 6) is 2.36. The first-order valence-electron chi connectivity index (χ1n) is 5.71. The Labute approximate surface area is 104 Å². The molecule has 0 aliphatic carbocycles. The van der Waals surface area contributed by atoms with Crippen LogP contribution in [0.3, 0.4) is 0 Å². The second-order valence-electron chi connectivity index (χ2n) is 4.29. The number of alkyl halides is 1. The van der Waals surface area contributed by atoms with E-state index in [0.29, 0.717) is 11.6 Å². The fourth-order valence-electron chi connectivity index (χ4n) is 2.31. The van der Waals surface area contributed by atoms with Gasteiger partial charge in [0.15, 0.2) is 11.5 Å². The van der Waals surface area contributed by atoms with Crippen LogP contribution in [0.15, 0.2) is 12.4 Å². The molecule has 1 saturated heterocycles. The van der Waals surface area contributed by atoms with Crippen molar-refractivity contribution < 1.29 is 0 Å². The van der Waals surface area contributed by atoms with Crippen molar-refractivity contribution in [3.8, 4) is 0 Å². The minimum Gasteiger partial charge on any atom is -0.355 e. The van der Waals surface area contributed by atoms with Crippen molar-refractivity contribution in [2.45, 2.75) is 12.8 Å². The monoisotopic (exact) mass is 252 g/mol. The molecule has 0 spiro atoms. The van der Waals surface area contributed by atoms with Gasteiger partial charge in [0.2, 0.25) is 0 Å². The molecule has 90 valence electrons. The fraction of sp³-hybridized carbons (Fsp3) is 0.600. The molecular weight excluding hydrogens is 240 g/mol. The molecule has 1 fully saturated rings. The van der Waals surface area contributed by atoms with Crippen molar-refractivity contribution in [1.82, 2.24) is 25.0 Å². The van der Waals surface area contributed by atoms with Crippen molar-refractivity contribution in [2.24, 2.45) is 5.92 Å². The van der Waals surface area contributed by atoms with Crippen LogP contribution < -0.4 is 4.90 Å².